The topological polar surface area (TPSA) is 54.8 Å². The molecule has 124 valence electrons. The molecule has 1 aliphatic heterocycles. The van der Waals surface area contributed by atoms with Gasteiger partial charge in [-0.2, -0.15) is 0 Å². The van der Waals surface area contributed by atoms with E-state index >= 15 is 0 Å². The first-order valence-corrected chi connectivity index (χ1v) is 8.58. The Hall–Kier alpha value is -2.40. The number of nitrogens with zero attached hydrogens (tertiary/aromatic N) is 3. The van der Waals surface area contributed by atoms with Crippen molar-refractivity contribution in [3.05, 3.63) is 53.5 Å². The van der Waals surface area contributed by atoms with Gasteiger partial charge in [-0.15, -0.1) is 0 Å². The van der Waals surface area contributed by atoms with Crippen LogP contribution in [0.25, 0.3) is 11.0 Å². The Labute approximate surface area is 142 Å². The van der Waals surface area contributed by atoms with Gasteiger partial charge in [-0.25, -0.2) is 9.97 Å². The number of hydrogen-bond acceptors (Lipinski definition) is 4. The zero-order valence-electron chi connectivity index (χ0n) is 14.2. The van der Waals surface area contributed by atoms with Crippen LogP contribution in [-0.4, -0.2) is 27.6 Å². The highest BCUT2D eigenvalue weighted by Gasteiger charge is 2.19. The van der Waals surface area contributed by atoms with Crippen molar-refractivity contribution in [1.29, 1.82) is 0 Å². The lowest BCUT2D eigenvalue weighted by atomic mass is 9.90. The smallest absolute Gasteiger partial charge is 0.128 e. The number of fused-ring (bicyclic) bond motifs is 1. The lowest BCUT2D eigenvalue weighted by Gasteiger charge is -2.28. The Morgan fingerprint density at radius 3 is 2.83 bits per heavy atom. The molecule has 3 heterocycles. The molecule has 0 bridgehead atoms. The van der Waals surface area contributed by atoms with Gasteiger partial charge in [0.15, 0.2) is 0 Å². The fraction of sp³-hybridized carbons (Fsp3) is 0.368. The van der Waals surface area contributed by atoms with Crippen LogP contribution in [-0.2, 0) is 20.0 Å². The van der Waals surface area contributed by atoms with Gasteiger partial charge in [-0.3, -0.25) is 0 Å². The van der Waals surface area contributed by atoms with Crippen LogP contribution in [0.4, 0.5) is 5.82 Å². The van der Waals surface area contributed by atoms with E-state index in [0.29, 0.717) is 5.92 Å². The molecule has 0 unspecified atom stereocenters. The maximum absolute atomic E-state index is 4.46. The predicted octanol–water partition coefficient (Wildman–Crippen LogP) is 2.83. The lowest BCUT2D eigenvalue weighted by Crippen LogP contribution is -2.39. The second-order valence-electron chi connectivity index (χ2n) is 6.50. The number of hydrogen-bond donors (Lipinski definition) is 2. The molecule has 4 rings (SSSR count). The van der Waals surface area contributed by atoms with Crippen molar-refractivity contribution in [1.82, 2.24) is 19.9 Å². The van der Waals surface area contributed by atoms with Gasteiger partial charge < -0.3 is 15.2 Å². The van der Waals surface area contributed by atoms with Crippen LogP contribution in [0.15, 0.2) is 36.8 Å². The van der Waals surface area contributed by atoms with Crippen molar-refractivity contribution in [2.24, 2.45) is 7.05 Å². The van der Waals surface area contributed by atoms with Crippen molar-refractivity contribution in [2.75, 3.05) is 18.4 Å². The molecule has 0 spiro atoms. The van der Waals surface area contributed by atoms with E-state index in [2.05, 4.69) is 51.8 Å². The second-order valence-corrected chi connectivity index (χ2v) is 6.50. The highest BCUT2D eigenvalue weighted by molar-refractivity contribution is 5.77. The first-order valence-electron chi connectivity index (χ1n) is 8.58. The summed E-state index contributed by atoms with van der Waals surface area (Å²) in [6.45, 7) is 5.23. The third-order valence-electron chi connectivity index (χ3n) is 4.94. The van der Waals surface area contributed by atoms with E-state index in [4.69, 9.17) is 0 Å². The van der Waals surface area contributed by atoms with Crippen LogP contribution in [0.5, 0.6) is 0 Å². The standard InChI is InChI=1S/C19H23N5/c1-3-13-6-14(16-8-20-9-16)4-5-15(13)10-21-19-7-18-17(11-22-19)23-12-24(18)2/h4-7,11-12,16,20H,3,8-10H2,1-2H3,(H,21,22). The van der Waals surface area contributed by atoms with Gasteiger partial charge >= 0.3 is 0 Å². The largest absolute Gasteiger partial charge is 0.366 e. The Morgan fingerprint density at radius 2 is 2.08 bits per heavy atom. The number of imidazole rings is 1. The quantitative estimate of drug-likeness (QED) is 0.759. The van der Waals surface area contributed by atoms with Crippen molar-refractivity contribution >= 4 is 16.9 Å². The van der Waals surface area contributed by atoms with E-state index in [0.717, 1.165) is 42.9 Å². The van der Waals surface area contributed by atoms with Gasteiger partial charge in [0.1, 0.15) is 11.3 Å². The van der Waals surface area contributed by atoms with Gasteiger partial charge in [0, 0.05) is 38.7 Å². The predicted molar refractivity (Wildman–Crippen MR) is 97.3 cm³/mol. The van der Waals surface area contributed by atoms with E-state index in [1.54, 1.807) is 0 Å². The molecule has 0 saturated carbocycles. The molecule has 3 aromatic rings. The van der Waals surface area contributed by atoms with E-state index in [9.17, 15) is 0 Å². The third kappa shape index (κ3) is 2.76. The summed E-state index contributed by atoms with van der Waals surface area (Å²) in [5, 5.41) is 6.80. The molecule has 1 aromatic carbocycles. The zero-order chi connectivity index (χ0) is 16.5. The summed E-state index contributed by atoms with van der Waals surface area (Å²) in [5.74, 6) is 1.58. The molecular weight excluding hydrogens is 298 g/mol. The van der Waals surface area contributed by atoms with Crippen LogP contribution in [0.2, 0.25) is 0 Å². The Morgan fingerprint density at radius 1 is 1.21 bits per heavy atom. The summed E-state index contributed by atoms with van der Waals surface area (Å²) >= 11 is 0. The molecule has 1 saturated heterocycles. The number of anilines is 1. The number of benzene rings is 1. The molecule has 5 heteroatoms. The first kappa shape index (κ1) is 15.1. The van der Waals surface area contributed by atoms with E-state index in [-0.39, 0.29) is 0 Å². The average Bonchev–Trinajstić information content (AvgIpc) is 2.93. The third-order valence-corrected chi connectivity index (χ3v) is 4.94. The fourth-order valence-corrected chi connectivity index (χ4v) is 3.24. The van der Waals surface area contributed by atoms with Crippen molar-refractivity contribution in [3.63, 3.8) is 0 Å². The zero-order valence-corrected chi connectivity index (χ0v) is 14.2. The molecule has 0 aliphatic carbocycles. The van der Waals surface area contributed by atoms with Crippen LogP contribution in [0.3, 0.4) is 0 Å². The van der Waals surface area contributed by atoms with Crippen LogP contribution < -0.4 is 10.6 Å². The van der Waals surface area contributed by atoms with Crippen molar-refractivity contribution < 1.29 is 0 Å². The molecule has 2 aromatic heterocycles. The highest BCUT2D eigenvalue weighted by Crippen LogP contribution is 2.24. The Kier molecular flexibility index (Phi) is 3.94. The average molecular weight is 321 g/mol. The number of aromatic nitrogens is 3. The van der Waals surface area contributed by atoms with Crippen molar-refractivity contribution in [2.45, 2.75) is 25.8 Å². The van der Waals surface area contributed by atoms with Crippen LogP contribution >= 0.6 is 0 Å². The molecule has 2 N–H and O–H groups in total. The summed E-state index contributed by atoms with van der Waals surface area (Å²) in [6, 6.07) is 8.98. The Balaban J connectivity index is 1.52. The second kappa shape index (κ2) is 6.24. The highest BCUT2D eigenvalue weighted by atomic mass is 15.0. The summed E-state index contributed by atoms with van der Waals surface area (Å²) in [7, 11) is 2.00. The van der Waals surface area contributed by atoms with Gasteiger partial charge in [-0.1, -0.05) is 25.1 Å². The molecule has 0 atom stereocenters. The maximum Gasteiger partial charge on any atom is 0.128 e. The molecule has 1 fully saturated rings. The number of aryl methyl sites for hydroxylation is 2. The molecule has 0 amide bonds. The molecule has 0 radical (unpaired) electrons. The Bertz CT molecular complexity index is 863. The van der Waals surface area contributed by atoms with Crippen LogP contribution in [0, 0.1) is 0 Å². The van der Waals surface area contributed by atoms with Gasteiger partial charge in [0.2, 0.25) is 0 Å². The van der Waals surface area contributed by atoms with Crippen molar-refractivity contribution in [3.8, 4) is 0 Å². The SMILES string of the molecule is CCc1cc(C2CNC2)ccc1CNc1cc2c(cn1)ncn2C. The van der Waals surface area contributed by atoms with E-state index < -0.39 is 0 Å². The summed E-state index contributed by atoms with van der Waals surface area (Å²) in [4.78, 5) is 8.78. The normalized spacial score (nSPS) is 14.8. The minimum Gasteiger partial charge on any atom is -0.366 e. The summed E-state index contributed by atoms with van der Waals surface area (Å²) in [6.07, 6.45) is 4.70. The summed E-state index contributed by atoms with van der Waals surface area (Å²) in [5.41, 5.74) is 6.25. The monoisotopic (exact) mass is 321 g/mol. The van der Waals surface area contributed by atoms with Crippen LogP contribution in [0.1, 0.15) is 29.5 Å². The lowest BCUT2D eigenvalue weighted by molar-refractivity contribution is 0.448. The van der Waals surface area contributed by atoms with Gasteiger partial charge in [0.25, 0.3) is 0 Å². The molecular formula is C19H23N5. The minimum absolute atomic E-state index is 0.686. The molecule has 24 heavy (non-hydrogen) atoms. The van der Waals surface area contributed by atoms with E-state index in [1.165, 1.54) is 16.7 Å². The number of pyridine rings is 1. The minimum atomic E-state index is 0.686. The van der Waals surface area contributed by atoms with Gasteiger partial charge in [0.05, 0.1) is 18.0 Å². The van der Waals surface area contributed by atoms with E-state index in [1.807, 2.05) is 24.1 Å². The number of rotatable bonds is 5. The maximum atomic E-state index is 4.46. The number of nitrogens with one attached hydrogen (secondary N) is 2. The first-order chi connectivity index (χ1) is 11.7. The summed E-state index contributed by atoms with van der Waals surface area (Å²) < 4.78 is 2.01. The van der Waals surface area contributed by atoms with Gasteiger partial charge in [-0.05, 0) is 23.1 Å². The fourth-order valence-electron chi connectivity index (χ4n) is 3.24. The molecule has 5 nitrogen and oxygen atoms in total. The molecule has 1 aliphatic rings.